The molecule has 98 valence electrons. The van der Waals surface area contributed by atoms with Crippen LogP contribution in [0.25, 0.3) is 0 Å². The Kier molecular flexibility index (Phi) is 3.88. The molecule has 1 aromatic rings. The van der Waals surface area contributed by atoms with Crippen molar-refractivity contribution < 1.29 is 14.4 Å². The van der Waals surface area contributed by atoms with Gasteiger partial charge in [-0.2, -0.15) is 0 Å². The Hall–Kier alpha value is -1.53. The van der Waals surface area contributed by atoms with Gasteiger partial charge in [0.2, 0.25) is 0 Å². The maximum absolute atomic E-state index is 13.7. The van der Waals surface area contributed by atoms with Gasteiger partial charge in [0, 0.05) is 31.3 Å². The maximum atomic E-state index is 13.7. The molecule has 0 aromatic heterocycles. The summed E-state index contributed by atoms with van der Waals surface area (Å²) < 4.78 is 13.7. The van der Waals surface area contributed by atoms with Gasteiger partial charge in [-0.1, -0.05) is 0 Å². The maximum Gasteiger partial charge on any atom is 0.272 e. The highest BCUT2D eigenvalue weighted by Gasteiger charge is 2.19. The van der Waals surface area contributed by atoms with Crippen LogP contribution in [0.4, 0.5) is 10.1 Å². The number of hydrogen-bond acceptors (Lipinski definition) is 4. The van der Waals surface area contributed by atoms with Crippen molar-refractivity contribution in [3.05, 3.63) is 39.7 Å². The largest absolute Gasteiger partial charge is 0.393 e. The van der Waals surface area contributed by atoms with E-state index in [-0.39, 0.29) is 11.8 Å². The van der Waals surface area contributed by atoms with Crippen molar-refractivity contribution >= 4 is 5.69 Å². The molecule has 0 saturated carbocycles. The zero-order chi connectivity index (χ0) is 13.1. The molecule has 0 amide bonds. The first kappa shape index (κ1) is 12.9. The van der Waals surface area contributed by atoms with E-state index >= 15 is 0 Å². The SMILES string of the molecule is O=[N+]([O-])c1ccc(CN2CCC(O)CC2)c(F)c1. The minimum absolute atomic E-state index is 0.231. The number of benzene rings is 1. The lowest BCUT2D eigenvalue weighted by molar-refractivity contribution is -0.385. The molecule has 0 spiro atoms. The number of aliphatic hydroxyl groups is 1. The molecule has 0 radical (unpaired) electrons. The average Bonchev–Trinajstić information content (AvgIpc) is 2.34. The Morgan fingerprint density at radius 3 is 2.67 bits per heavy atom. The van der Waals surface area contributed by atoms with E-state index in [1.807, 2.05) is 4.90 Å². The lowest BCUT2D eigenvalue weighted by Gasteiger charge is -2.29. The molecular formula is C12H15FN2O3. The van der Waals surface area contributed by atoms with Crippen LogP contribution in [0.2, 0.25) is 0 Å². The van der Waals surface area contributed by atoms with Crippen molar-refractivity contribution in [2.45, 2.75) is 25.5 Å². The van der Waals surface area contributed by atoms with Gasteiger partial charge in [0.25, 0.3) is 5.69 Å². The van der Waals surface area contributed by atoms with E-state index in [0.29, 0.717) is 24.9 Å². The first-order chi connectivity index (χ1) is 8.56. The minimum atomic E-state index is -0.607. The van der Waals surface area contributed by atoms with Crippen LogP contribution in [0.15, 0.2) is 18.2 Å². The number of likely N-dealkylation sites (tertiary alicyclic amines) is 1. The molecule has 1 aliphatic rings. The van der Waals surface area contributed by atoms with Crippen molar-refractivity contribution in [2.24, 2.45) is 0 Å². The van der Waals surface area contributed by atoms with Crippen LogP contribution in [0.3, 0.4) is 0 Å². The van der Waals surface area contributed by atoms with Crippen LogP contribution in [0, 0.1) is 15.9 Å². The third-order valence-electron chi connectivity index (χ3n) is 3.20. The summed E-state index contributed by atoms with van der Waals surface area (Å²) in [5.74, 6) is -0.546. The summed E-state index contributed by atoms with van der Waals surface area (Å²) in [4.78, 5) is 11.9. The Labute approximate surface area is 104 Å². The second-order valence-corrected chi connectivity index (χ2v) is 4.54. The summed E-state index contributed by atoms with van der Waals surface area (Å²) in [5, 5.41) is 19.9. The van der Waals surface area contributed by atoms with Crippen LogP contribution in [-0.2, 0) is 6.54 Å². The van der Waals surface area contributed by atoms with E-state index in [2.05, 4.69) is 0 Å². The molecular weight excluding hydrogens is 239 g/mol. The van der Waals surface area contributed by atoms with Gasteiger partial charge in [0.15, 0.2) is 0 Å². The van der Waals surface area contributed by atoms with Crippen LogP contribution >= 0.6 is 0 Å². The molecule has 0 unspecified atom stereocenters. The number of nitro benzene ring substituents is 1. The Morgan fingerprint density at radius 1 is 1.44 bits per heavy atom. The summed E-state index contributed by atoms with van der Waals surface area (Å²) in [6, 6.07) is 3.73. The predicted molar refractivity (Wildman–Crippen MR) is 63.6 cm³/mol. The van der Waals surface area contributed by atoms with E-state index in [4.69, 9.17) is 0 Å². The minimum Gasteiger partial charge on any atom is -0.393 e. The van der Waals surface area contributed by atoms with Gasteiger partial charge in [-0.05, 0) is 18.9 Å². The van der Waals surface area contributed by atoms with E-state index in [1.54, 1.807) is 0 Å². The van der Waals surface area contributed by atoms with Crippen molar-refractivity contribution in [2.75, 3.05) is 13.1 Å². The average molecular weight is 254 g/mol. The van der Waals surface area contributed by atoms with Crippen LogP contribution in [0.1, 0.15) is 18.4 Å². The van der Waals surface area contributed by atoms with Gasteiger partial charge in [-0.25, -0.2) is 4.39 Å². The number of piperidine rings is 1. The molecule has 0 atom stereocenters. The highest BCUT2D eigenvalue weighted by Crippen LogP contribution is 2.19. The lowest BCUT2D eigenvalue weighted by atomic mass is 10.1. The van der Waals surface area contributed by atoms with E-state index < -0.39 is 10.7 Å². The second kappa shape index (κ2) is 5.41. The summed E-state index contributed by atoms with van der Waals surface area (Å²) in [5.41, 5.74) is 0.224. The molecule has 0 aliphatic carbocycles. The van der Waals surface area contributed by atoms with Gasteiger partial charge in [-0.15, -0.1) is 0 Å². The van der Waals surface area contributed by atoms with Gasteiger partial charge in [-0.3, -0.25) is 15.0 Å². The lowest BCUT2D eigenvalue weighted by Crippen LogP contribution is -2.35. The number of nitro groups is 1. The predicted octanol–water partition coefficient (Wildman–Crippen LogP) is 1.69. The molecule has 18 heavy (non-hydrogen) atoms. The standard InChI is InChI=1S/C12H15FN2O3/c13-12-7-10(15(17)18)2-1-9(12)8-14-5-3-11(16)4-6-14/h1-2,7,11,16H,3-6,8H2. The highest BCUT2D eigenvalue weighted by molar-refractivity contribution is 5.34. The van der Waals surface area contributed by atoms with Gasteiger partial charge in [0.1, 0.15) is 5.82 Å². The number of non-ortho nitro benzene ring substituents is 1. The van der Waals surface area contributed by atoms with Crippen molar-refractivity contribution in [1.82, 2.24) is 4.90 Å². The Morgan fingerprint density at radius 2 is 2.11 bits per heavy atom. The summed E-state index contributed by atoms with van der Waals surface area (Å²) in [6.07, 6.45) is 1.12. The van der Waals surface area contributed by atoms with Gasteiger partial charge < -0.3 is 5.11 Å². The van der Waals surface area contributed by atoms with E-state index in [9.17, 15) is 19.6 Å². The fourth-order valence-electron chi connectivity index (χ4n) is 2.10. The van der Waals surface area contributed by atoms with Crippen LogP contribution in [-0.4, -0.2) is 34.1 Å². The first-order valence-corrected chi connectivity index (χ1v) is 5.89. The smallest absolute Gasteiger partial charge is 0.272 e. The number of nitrogens with zero attached hydrogens (tertiary/aromatic N) is 2. The molecule has 1 N–H and O–H groups in total. The fraction of sp³-hybridized carbons (Fsp3) is 0.500. The third kappa shape index (κ3) is 3.02. The van der Waals surface area contributed by atoms with Crippen LogP contribution in [0.5, 0.6) is 0 Å². The molecule has 1 fully saturated rings. The Bertz CT molecular complexity index is 445. The number of halogens is 1. The zero-order valence-electron chi connectivity index (χ0n) is 9.88. The molecule has 1 heterocycles. The monoisotopic (exact) mass is 254 g/mol. The summed E-state index contributed by atoms with van der Waals surface area (Å²) in [6.45, 7) is 1.87. The van der Waals surface area contributed by atoms with E-state index in [1.165, 1.54) is 12.1 Å². The zero-order valence-corrected chi connectivity index (χ0v) is 9.88. The van der Waals surface area contributed by atoms with Gasteiger partial charge >= 0.3 is 0 Å². The number of rotatable bonds is 3. The topological polar surface area (TPSA) is 66.6 Å². The molecule has 5 nitrogen and oxygen atoms in total. The number of aliphatic hydroxyl groups excluding tert-OH is 1. The molecule has 1 aromatic carbocycles. The van der Waals surface area contributed by atoms with Crippen molar-refractivity contribution in [1.29, 1.82) is 0 Å². The Balaban J connectivity index is 2.03. The molecule has 2 rings (SSSR count). The quantitative estimate of drug-likeness (QED) is 0.658. The van der Waals surface area contributed by atoms with Gasteiger partial charge in [0.05, 0.1) is 17.1 Å². The fourth-order valence-corrected chi connectivity index (χ4v) is 2.10. The molecule has 6 heteroatoms. The molecule has 1 aliphatic heterocycles. The molecule has 0 bridgehead atoms. The normalized spacial score (nSPS) is 17.9. The van der Waals surface area contributed by atoms with Crippen molar-refractivity contribution in [3.63, 3.8) is 0 Å². The second-order valence-electron chi connectivity index (χ2n) is 4.54. The highest BCUT2D eigenvalue weighted by atomic mass is 19.1. The third-order valence-corrected chi connectivity index (χ3v) is 3.20. The van der Waals surface area contributed by atoms with Crippen molar-refractivity contribution in [3.8, 4) is 0 Å². The summed E-state index contributed by atoms with van der Waals surface area (Å²) in [7, 11) is 0. The number of hydrogen-bond donors (Lipinski definition) is 1. The summed E-state index contributed by atoms with van der Waals surface area (Å²) >= 11 is 0. The van der Waals surface area contributed by atoms with E-state index in [0.717, 1.165) is 19.2 Å². The first-order valence-electron chi connectivity index (χ1n) is 5.89. The van der Waals surface area contributed by atoms with Crippen LogP contribution < -0.4 is 0 Å². The molecule has 1 saturated heterocycles.